The van der Waals surface area contributed by atoms with Crippen LogP contribution in [-0.4, -0.2) is 35.7 Å². The predicted octanol–water partition coefficient (Wildman–Crippen LogP) is 2.19. The maximum absolute atomic E-state index is 12.8. The summed E-state index contributed by atoms with van der Waals surface area (Å²) >= 11 is 0. The molecule has 3 amide bonds. The van der Waals surface area contributed by atoms with Gasteiger partial charge in [0, 0.05) is 19.4 Å². The van der Waals surface area contributed by atoms with Gasteiger partial charge in [-0.05, 0) is 42.4 Å². The summed E-state index contributed by atoms with van der Waals surface area (Å²) < 4.78 is 12.8. The fourth-order valence-electron chi connectivity index (χ4n) is 3.89. The van der Waals surface area contributed by atoms with E-state index in [1.165, 1.54) is 12.1 Å². The van der Waals surface area contributed by atoms with Gasteiger partial charge in [0.2, 0.25) is 17.7 Å². The summed E-state index contributed by atoms with van der Waals surface area (Å²) in [6, 6.07) is 6.09. The van der Waals surface area contributed by atoms with Gasteiger partial charge in [-0.25, -0.2) is 4.39 Å². The molecule has 25 heavy (non-hydrogen) atoms. The van der Waals surface area contributed by atoms with E-state index in [1.54, 1.807) is 12.1 Å². The minimum Gasteiger partial charge on any atom is -0.354 e. The van der Waals surface area contributed by atoms with Crippen molar-refractivity contribution in [3.8, 4) is 0 Å². The quantitative estimate of drug-likeness (QED) is 0.831. The number of imide groups is 1. The Labute approximate surface area is 146 Å². The minimum absolute atomic E-state index is 0.149. The number of nitrogens with zero attached hydrogens (tertiary/aromatic N) is 1. The molecule has 1 saturated carbocycles. The fraction of sp³-hybridized carbons (Fsp3) is 0.526. The number of carbonyl (C=O) groups is 3. The van der Waals surface area contributed by atoms with E-state index >= 15 is 0 Å². The Morgan fingerprint density at radius 3 is 2.28 bits per heavy atom. The van der Waals surface area contributed by atoms with Crippen LogP contribution in [0.15, 0.2) is 24.3 Å². The summed E-state index contributed by atoms with van der Waals surface area (Å²) in [4.78, 5) is 37.8. The Morgan fingerprint density at radius 2 is 1.68 bits per heavy atom. The van der Waals surface area contributed by atoms with Gasteiger partial charge in [-0.1, -0.05) is 25.0 Å². The first-order valence-corrected chi connectivity index (χ1v) is 8.82. The second kappa shape index (κ2) is 7.33. The summed E-state index contributed by atoms with van der Waals surface area (Å²) in [5.74, 6) is -1.10. The van der Waals surface area contributed by atoms with E-state index in [-0.39, 0.29) is 35.5 Å². The van der Waals surface area contributed by atoms with Crippen LogP contribution < -0.4 is 5.32 Å². The van der Waals surface area contributed by atoms with Crippen LogP contribution in [0, 0.1) is 11.2 Å². The lowest BCUT2D eigenvalue weighted by Gasteiger charge is -2.36. The summed E-state index contributed by atoms with van der Waals surface area (Å²) in [6.45, 7) is 0.168. The van der Waals surface area contributed by atoms with Crippen molar-refractivity contribution in [1.82, 2.24) is 10.2 Å². The average molecular weight is 346 g/mol. The number of amides is 3. The number of halogens is 1. The van der Waals surface area contributed by atoms with Gasteiger partial charge in [0.1, 0.15) is 12.4 Å². The van der Waals surface area contributed by atoms with Crippen molar-refractivity contribution >= 4 is 17.7 Å². The highest BCUT2D eigenvalue weighted by Gasteiger charge is 2.45. The lowest BCUT2D eigenvalue weighted by atomic mass is 9.76. The van der Waals surface area contributed by atoms with E-state index in [0.717, 1.165) is 36.1 Å². The van der Waals surface area contributed by atoms with Crippen molar-refractivity contribution in [1.29, 1.82) is 0 Å². The molecule has 0 atom stereocenters. The third kappa shape index (κ3) is 4.24. The van der Waals surface area contributed by atoms with Gasteiger partial charge in [0.25, 0.3) is 0 Å². The summed E-state index contributed by atoms with van der Waals surface area (Å²) in [7, 11) is 0. The van der Waals surface area contributed by atoms with E-state index in [0.29, 0.717) is 25.8 Å². The molecule has 1 aromatic carbocycles. The number of piperidine rings is 1. The number of benzene rings is 1. The van der Waals surface area contributed by atoms with Gasteiger partial charge in [-0.3, -0.25) is 19.3 Å². The Balaban J connectivity index is 1.46. The Bertz CT molecular complexity index is 646. The molecule has 0 radical (unpaired) electrons. The fourth-order valence-corrected chi connectivity index (χ4v) is 3.89. The number of likely N-dealkylation sites (tertiary alicyclic amines) is 1. The molecule has 1 N–H and O–H groups in total. The third-order valence-electron chi connectivity index (χ3n) is 5.27. The van der Waals surface area contributed by atoms with E-state index in [9.17, 15) is 18.8 Å². The molecule has 0 aromatic heterocycles. The third-order valence-corrected chi connectivity index (χ3v) is 5.27. The van der Waals surface area contributed by atoms with E-state index < -0.39 is 0 Å². The molecule has 2 fully saturated rings. The Kier molecular flexibility index (Phi) is 5.16. The first-order valence-electron chi connectivity index (χ1n) is 8.82. The van der Waals surface area contributed by atoms with Crippen molar-refractivity contribution < 1.29 is 18.8 Å². The number of hydrogen-bond acceptors (Lipinski definition) is 3. The first kappa shape index (κ1) is 17.6. The highest BCUT2D eigenvalue weighted by atomic mass is 19.1. The zero-order valence-corrected chi connectivity index (χ0v) is 14.2. The molecule has 2 aliphatic rings. The molecular formula is C19H23FN2O3. The zero-order valence-electron chi connectivity index (χ0n) is 14.2. The van der Waals surface area contributed by atoms with Crippen molar-refractivity contribution in [3.63, 3.8) is 0 Å². The van der Waals surface area contributed by atoms with Crippen LogP contribution in [0.5, 0.6) is 0 Å². The summed E-state index contributed by atoms with van der Waals surface area (Å²) in [6.07, 6.45) is 5.33. The largest absolute Gasteiger partial charge is 0.354 e. The van der Waals surface area contributed by atoms with Crippen LogP contribution in [0.4, 0.5) is 4.39 Å². The Morgan fingerprint density at radius 1 is 1.08 bits per heavy atom. The molecule has 1 aliphatic heterocycles. The number of hydrogen-bond donors (Lipinski definition) is 1. The van der Waals surface area contributed by atoms with Crippen molar-refractivity contribution in [3.05, 3.63) is 35.6 Å². The van der Waals surface area contributed by atoms with Gasteiger partial charge in [0.15, 0.2) is 0 Å². The van der Waals surface area contributed by atoms with Crippen LogP contribution in [-0.2, 0) is 20.8 Å². The zero-order chi connectivity index (χ0) is 17.9. The van der Waals surface area contributed by atoms with Gasteiger partial charge in [0.05, 0.1) is 0 Å². The van der Waals surface area contributed by atoms with E-state index in [2.05, 4.69) is 5.32 Å². The maximum Gasteiger partial charge on any atom is 0.240 e. The van der Waals surface area contributed by atoms with Crippen LogP contribution in [0.1, 0.15) is 44.1 Å². The molecule has 1 spiro atoms. The molecule has 1 aromatic rings. The number of nitrogens with one attached hydrogen (secondary N) is 1. The molecule has 0 unspecified atom stereocenters. The molecule has 6 heteroatoms. The van der Waals surface area contributed by atoms with Crippen molar-refractivity contribution in [2.75, 3.05) is 13.1 Å². The van der Waals surface area contributed by atoms with Gasteiger partial charge >= 0.3 is 0 Å². The minimum atomic E-state index is -0.341. The molecule has 3 rings (SSSR count). The molecule has 1 aliphatic carbocycles. The van der Waals surface area contributed by atoms with Crippen LogP contribution in [0.3, 0.4) is 0 Å². The lowest BCUT2D eigenvalue weighted by molar-refractivity contribution is -0.155. The lowest BCUT2D eigenvalue weighted by Crippen LogP contribution is -2.50. The monoisotopic (exact) mass is 346 g/mol. The van der Waals surface area contributed by atoms with Gasteiger partial charge in [-0.15, -0.1) is 0 Å². The van der Waals surface area contributed by atoms with Crippen LogP contribution in [0.2, 0.25) is 0 Å². The summed E-state index contributed by atoms with van der Waals surface area (Å²) in [5, 5.41) is 2.72. The van der Waals surface area contributed by atoms with E-state index in [4.69, 9.17) is 0 Å². The topological polar surface area (TPSA) is 66.5 Å². The normalized spacial score (nSPS) is 19.5. The summed E-state index contributed by atoms with van der Waals surface area (Å²) in [5.41, 5.74) is 0.763. The van der Waals surface area contributed by atoms with E-state index in [1.807, 2.05) is 0 Å². The molecule has 1 heterocycles. The standard InChI is InChI=1S/C19H23FN2O3/c20-15-5-3-14(4-6-15)7-10-21-16(23)13-22-17(24)11-19(12-18(22)25)8-1-2-9-19/h3-6H,1-2,7-13H2,(H,21,23). The van der Waals surface area contributed by atoms with Crippen LogP contribution in [0.25, 0.3) is 0 Å². The maximum atomic E-state index is 12.8. The SMILES string of the molecule is O=C(CN1C(=O)CC2(CCCC2)CC1=O)NCCc1ccc(F)cc1. The number of rotatable bonds is 5. The predicted molar refractivity (Wildman–Crippen MR) is 90.0 cm³/mol. The second-order valence-electron chi connectivity index (χ2n) is 7.16. The van der Waals surface area contributed by atoms with Crippen molar-refractivity contribution in [2.45, 2.75) is 44.9 Å². The van der Waals surface area contributed by atoms with Gasteiger partial charge in [-0.2, -0.15) is 0 Å². The number of carbonyl (C=O) groups excluding carboxylic acids is 3. The molecule has 0 bridgehead atoms. The van der Waals surface area contributed by atoms with Crippen molar-refractivity contribution in [2.24, 2.45) is 5.41 Å². The van der Waals surface area contributed by atoms with Crippen LogP contribution >= 0.6 is 0 Å². The first-order chi connectivity index (χ1) is 12.0. The molecule has 134 valence electrons. The average Bonchev–Trinajstić information content (AvgIpc) is 3.00. The second-order valence-corrected chi connectivity index (χ2v) is 7.16. The highest BCUT2D eigenvalue weighted by molar-refractivity contribution is 6.01. The molecular weight excluding hydrogens is 323 g/mol. The Hall–Kier alpha value is -2.24. The highest BCUT2D eigenvalue weighted by Crippen LogP contribution is 2.46. The van der Waals surface area contributed by atoms with Gasteiger partial charge < -0.3 is 5.32 Å². The smallest absolute Gasteiger partial charge is 0.240 e. The molecule has 5 nitrogen and oxygen atoms in total. The molecule has 1 saturated heterocycles.